The Balaban J connectivity index is 1.06. The van der Waals surface area contributed by atoms with Crippen LogP contribution in [0.1, 0.15) is 0 Å². The molecule has 0 bridgehead atoms. The minimum absolute atomic E-state index is 1.08. The van der Waals surface area contributed by atoms with Gasteiger partial charge in [0, 0.05) is 48.6 Å². The van der Waals surface area contributed by atoms with Crippen LogP contribution in [0.25, 0.3) is 64.7 Å². The van der Waals surface area contributed by atoms with Crippen molar-refractivity contribution in [3.05, 3.63) is 255 Å². The molecule has 63 heavy (non-hydrogen) atoms. The quantitative estimate of drug-likeness (QED) is 0.136. The van der Waals surface area contributed by atoms with E-state index in [9.17, 15) is 0 Å². The third-order valence-electron chi connectivity index (χ3n) is 11.8. The van der Waals surface area contributed by atoms with Gasteiger partial charge in [-0.1, -0.05) is 176 Å². The summed E-state index contributed by atoms with van der Waals surface area (Å²) in [4.78, 5) is 4.83. The van der Waals surface area contributed by atoms with Gasteiger partial charge in [-0.3, -0.25) is 0 Å². The molecular weight excluding hydrogens is 781 g/mol. The lowest BCUT2D eigenvalue weighted by Gasteiger charge is -2.28. The maximum atomic E-state index is 2.44. The van der Waals surface area contributed by atoms with Crippen LogP contribution in [-0.4, -0.2) is 0 Å². The molecule has 2 nitrogen and oxygen atoms in total. The predicted molar refractivity (Wildman–Crippen MR) is 270 cm³/mol. The van der Waals surface area contributed by atoms with Gasteiger partial charge in [0.1, 0.15) is 0 Å². The number of hydrogen-bond donors (Lipinski definition) is 0. The summed E-state index contributed by atoms with van der Waals surface area (Å²) >= 11 is 1.85. The molecule has 0 N–H and O–H groups in total. The molecule has 298 valence electrons. The van der Waals surface area contributed by atoms with Gasteiger partial charge in [0.15, 0.2) is 0 Å². The van der Waals surface area contributed by atoms with Crippen molar-refractivity contribution in [2.45, 2.75) is 0 Å². The zero-order valence-electron chi connectivity index (χ0n) is 34.6. The topological polar surface area (TPSA) is 6.48 Å². The van der Waals surface area contributed by atoms with Gasteiger partial charge < -0.3 is 9.80 Å². The Morgan fingerprint density at radius 3 is 0.984 bits per heavy atom. The first-order valence-corrected chi connectivity index (χ1v) is 22.2. The van der Waals surface area contributed by atoms with Gasteiger partial charge in [-0.2, -0.15) is 0 Å². The molecule has 0 aliphatic heterocycles. The first-order chi connectivity index (χ1) is 31.2. The van der Waals surface area contributed by atoms with Gasteiger partial charge in [0.25, 0.3) is 0 Å². The lowest BCUT2D eigenvalue weighted by Crippen LogP contribution is -2.11. The zero-order chi connectivity index (χ0) is 42.0. The average Bonchev–Trinajstić information content (AvgIpc) is 3.75. The lowest BCUT2D eigenvalue weighted by atomic mass is 10.0. The van der Waals surface area contributed by atoms with Crippen molar-refractivity contribution in [2.75, 3.05) is 9.80 Å². The number of rotatable bonds is 10. The van der Waals surface area contributed by atoms with Crippen molar-refractivity contribution in [3.8, 4) is 44.5 Å². The van der Waals surface area contributed by atoms with E-state index in [-0.39, 0.29) is 0 Å². The number of benzene rings is 10. The molecule has 11 rings (SSSR count). The van der Waals surface area contributed by atoms with Crippen LogP contribution in [0.3, 0.4) is 0 Å². The van der Waals surface area contributed by atoms with Crippen molar-refractivity contribution in [3.63, 3.8) is 0 Å². The standard InChI is InChI=1S/C60H42N2S/c1-4-18-43(19-5-1)46-24-12-29-51(38-46)61(52-30-13-25-47(39-52)44-20-6-2-7-21-44)53-31-15-27-49(41-53)50-28-16-33-55(42-50)62(54-32-14-26-48(40-54)45-22-8-3-9-23-45)57-35-17-37-59-60(57)56-34-10-11-36-58(56)63-59/h1-42H. The highest BCUT2D eigenvalue weighted by molar-refractivity contribution is 7.26. The van der Waals surface area contributed by atoms with E-state index >= 15 is 0 Å². The highest BCUT2D eigenvalue weighted by Gasteiger charge is 2.20. The summed E-state index contributed by atoms with van der Waals surface area (Å²) in [5.41, 5.74) is 16.0. The molecule has 0 saturated carbocycles. The average molecular weight is 823 g/mol. The van der Waals surface area contributed by atoms with E-state index in [2.05, 4.69) is 265 Å². The fourth-order valence-electron chi connectivity index (χ4n) is 8.83. The molecule has 0 aliphatic rings. The fourth-order valence-corrected chi connectivity index (χ4v) is 9.96. The molecule has 0 radical (unpaired) electrons. The molecule has 0 aliphatic carbocycles. The summed E-state index contributed by atoms with van der Waals surface area (Å²) in [5, 5.41) is 2.54. The maximum Gasteiger partial charge on any atom is 0.0554 e. The minimum Gasteiger partial charge on any atom is -0.310 e. The third kappa shape index (κ3) is 7.56. The van der Waals surface area contributed by atoms with E-state index in [0.717, 1.165) is 45.3 Å². The summed E-state index contributed by atoms with van der Waals surface area (Å²) < 4.78 is 2.56. The van der Waals surface area contributed by atoms with Crippen molar-refractivity contribution < 1.29 is 0 Å². The van der Waals surface area contributed by atoms with Gasteiger partial charge in [-0.05, 0) is 123 Å². The first-order valence-electron chi connectivity index (χ1n) is 21.4. The molecule has 1 heterocycles. The van der Waals surface area contributed by atoms with Gasteiger partial charge in [-0.15, -0.1) is 11.3 Å². The number of anilines is 6. The van der Waals surface area contributed by atoms with E-state index < -0.39 is 0 Å². The minimum atomic E-state index is 1.08. The fraction of sp³-hybridized carbons (Fsp3) is 0. The molecule has 0 amide bonds. The number of hydrogen-bond acceptors (Lipinski definition) is 3. The molecule has 3 heteroatoms. The molecular formula is C60H42N2S. The van der Waals surface area contributed by atoms with Crippen LogP contribution >= 0.6 is 11.3 Å². The second-order valence-electron chi connectivity index (χ2n) is 15.8. The number of nitrogens with zero attached hydrogens (tertiary/aromatic N) is 2. The van der Waals surface area contributed by atoms with Crippen LogP contribution in [0.5, 0.6) is 0 Å². The van der Waals surface area contributed by atoms with Crippen molar-refractivity contribution >= 4 is 65.6 Å². The zero-order valence-corrected chi connectivity index (χ0v) is 35.4. The summed E-state index contributed by atoms with van der Waals surface area (Å²) in [7, 11) is 0. The van der Waals surface area contributed by atoms with Gasteiger partial charge in [-0.25, -0.2) is 0 Å². The third-order valence-corrected chi connectivity index (χ3v) is 12.9. The summed E-state index contributed by atoms with van der Waals surface area (Å²) in [6, 6.07) is 92.1. The van der Waals surface area contributed by atoms with Crippen LogP contribution in [0.2, 0.25) is 0 Å². The Labute approximate surface area is 372 Å². The van der Waals surface area contributed by atoms with Crippen molar-refractivity contribution in [1.82, 2.24) is 0 Å². The van der Waals surface area contributed by atoms with E-state index in [1.165, 1.54) is 53.6 Å². The highest BCUT2D eigenvalue weighted by atomic mass is 32.1. The van der Waals surface area contributed by atoms with Gasteiger partial charge >= 0.3 is 0 Å². The highest BCUT2D eigenvalue weighted by Crippen LogP contribution is 2.46. The molecule has 0 spiro atoms. The van der Waals surface area contributed by atoms with Gasteiger partial charge in [0.2, 0.25) is 0 Å². The van der Waals surface area contributed by atoms with Crippen LogP contribution in [0, 0.1) is 0 Å². The van der Waals surface area contributed by atoms with E-state index in [4.69, 9.17) is 0 Å². The normalized spacial score (nSPS) is 11.2. The van der Waals surface area contributed by atoms with Crippen LogP contribution in [0.15, 0.2) is 255 Å². The Morgan fingerprint density at radius 1 is 0.238 bits per heavy atom. The summed E-state index contributed by atoms with van der Waals surface area (Å²) in [6.07, 6.45) is 0. The summed E-state index contributed by atoms with van der Waals surface area (Å²) in [5.74, 6) is 0. The van der Waals surface area contributed by atoms with E-state index in [0.29, 0.717) is 0 Å². The molecule has 1 aromatic heterocycles. The molecule has 11 aromatic rings. The number of thiophene rings is 1. The Bertz CT molecular complexity index is 3270. The lowest BCUT2D eigenvalue weighted by molar-refractivity contribution is 1.28. The largest absolute Gasteiger partial charge is 0.310 e. The van der Waals surface area contributed by atoms with Crippen LogP contribution in [0.4, 0.5) is 34.1 Å². The van der Waals surface area contributed by atoms with Crippen LogP contribution < -0.4 is 9.80 Å². The predicted octanol–water partition coefficient (Wildman–Crippen LogP) is 17.7. The monoisotopic (exact) mass is 822 g/mol. The van der Waals surface area contributed by atoms with Gasteiger partial charge in [0.05, 0.1) is 5.69 Å². The second kappa shape index (κ2) is 16.8. The van der Waals surface area contributed by atoms with Crippen LogP contribution in [-0.2, 0) is 0 Å². The first kappa shape index (κ1) is 38.0. The van der Waals surface area contributed by atoms with E-state index in [1.807, 2.05) is 11.3 Å². The van der Waals surface area contributed by atoms with Crippen molar-refractivity contribution in [1.29, 1.82) is 0 Å². The molecule has 10 aromatic carbocycles. The maximum absolute atomic E-state index is 2.44. The molecule has 0 saturated heterocycles. The summed E-state index contributed by atoms with van der Waals surface area (Å²) in [6.45, 7) is 0. The van der Waals surface area contributed by atoms with Crippen molar-refractivity contribution in [2.24, 2.45) is 0 Å². The SMILES string of the molecule is c1ccc(-c2cccc(N(c3cccc(-c4ccccc4)c3)c3cccc(-c4cccc(N(c5cccc(-c6ccccc6)c5)c5cccc6sc7ccccc7c56)c4)c3)c2)cc1. The van der Waals surface area contributed by atoms with E-state index in [1.54, 1.807) is 0 Å². The Hall–Kier alpha value is -7.98. The Morgan fingerprint density at radius 2 is 0.556 bits per heavy atom. The molecule has 0 fully saturated rings. The molecule has 0 unspecified atom stereocenters. The second-order valence-corrected chi connectivity index (χ2v) is 16.9. The number of fused-ring (bicyclic) bond motifs is 3. The Kier molecular flexibility index (Phi) is 10.1. The molecule has 0 atom stereocenters. The smallest absolute Gasteiger partial charge is 0.0554 e.